The Morgan fingerprint density at radius 3 is 2.84 bits per heavy atom. The van der Waals surface area contributed by atoms with Gasteiger partial charge in [0.25, 0.3) is 5.89 Å². The van der Waals surface area contributed by atoms with Gasteiger partial charge in [0.05, 0.1) is 5.75 Å². The Balaban J connectivity index is 1.70. The molecule has 2 aromatic heterocycles. The zero-order valence-corrected chi connectivity index (χ0v) is 11.1. The molecular weight excluding hydrogens is 287 g/mol. The summed E-state index contributed by atoms with van der Waals surface area (Å²) in [5, 5.41) is 11.5. The maximum Gasteiger partial charge on any atom is 0.257 e. The van der Waals surface area contributed by atoms with Gasteiger partial charge in [-0.1, -0.05) is 28.3 Å². The van der Waals surface area contributed by atoms with E-state index in [0.29, 0.717) is 23.0 Å². The Bertz CT molecular complexity index is 654. The lowest BCUT2D eigenvalue weighted by atomic mass is 10.2. The summed E-state index contributed by atoms with van der Waals surface area (Å²) < 4.78 is 18.8. The average Bonchev–Trinajstić information content (AvgIpc) is 3.09. The lowest BCUT2D eigenvalue weighted by Crippen LogP contribution is -1.84. The third-order valence-electron chi connectivity index (χ3n) is 2.22. The van der Waals surface area contributed by atoms with Crippen molar-refractivity contribution >= 4 is 23.1 Å². The molecule has 0 atom stereocenters. The minimum absolute atomic E-state index is 0.296. The zero-order valence-electron chi connectivity index (χ0n) is 9.49. The molecule has 3 aromatic rings. The van der Waals surface area contributed by atoms with Crippen LogP contribution in [0.5, 0.6) is 0 Å². The lowest BCUT2D eigenvalue weighted by molar-refractivity contribution is 0.425. The third kappa shape index (κ3) is 2.96. The minimum Gasteiger partial charge on any atom is -0.334 e. The Morgan fingerprint density at radius 1 is 1.26 bits per heavy atom. The van der Waals surface area contributed by atoms with Crippen LogP contribution in [0.4, 0.5) is 4.39 Å². The van der Waals surface area contributed by atoms with Gasteiger partial charge in [0.2, 0.25) is 0 Å². The predicted octanol–water partition coefficient (Wildman–Crippen LogP) is 3.02. The molecular formula is C11H7FN4OS2. The highest BCUT2D eigenvalue weighted by Gasteiger charge is 2.10. The number of thioether (sulfide) groups is 1. The van der Waals surface area contributed by atoms with Gasteiger partial charge in [0.15, 0.2) is 10.2 Å². The Kier molecular flexibility index (Phi) is 3.51. The second-order valence-corrected chi connectivity index (χ2v) is 5.57. The quantitative estimate of drug-likeness (QED) is 0.689. The van der Waals surface area contributed by atoms with Crippen LogP contribution in [0.15, 0.2) is 38.6 Å². The van der Waals surface area contributed by atoms with Crippen LogP contribution in [-0.2, 0) is 5.75 Å². The van der Waals surface area contributed by atoms with E-state index in [1.165, 1.54) is 35.2 Å². The summed E-state index contributed by atoms with van der Waals surface area (Å²) in [6.45, 7) is 0. The fourth-order valence-corrected chi connectivity index (χ4v) is 2.71. The maximum atomic E-state index is 12.8. The zero-order chi connectivity index (χ0) is 13.1. The first kappa shape index (κ1) is 12.2. The van der Waals surface area contributed by atoms with Crippen molar-refractivity contribution in [3.63, 3.8) is 0 Å². The summed E-state index contributed by atoms with van der Waals surface area (Å²) >= 11 is 2.95. The molecule has 0 bridgehead atoms. The molecule has 2 heterocycles. The minimum atomic E-state index is -0.296. The van der Waals surface area contributed by atoms with Gasteiger partial charge in [-0.15, -0.1) is 10.2 Å². The van der Waals surface area contributed by atoms with Gasteiger partial charge < -0.3 is 4.52 Å². The van der Waals surface area contributed by atoms with Gasteiger partial charge in [0, 0.05) is 5.56 Å². The Hall–Kier alpha value is -1.80. The number of hydrogen-bond donors (Lipinski definition) is 0. The predicted molar refractivity (Wildman–Crippen MR) is 69.2 cm³/mol. The van der Waals surface area contributed by atoms with Crippen molar-refractivity contribution < 1.29 is 8.91 Å². The van der Waals surface area contributed by atoms with E-state index < -0.39 is 0 Å². The molecule has 96 valence electrons. The summed E-state index contributed by atoms with van der Waals surface area (Å²) in [4.78, 5) is 4.24. The highest BCUT2D eigenvalue weighted by molar-refractivity contribution is 8.00. The number of rotatable bonds is 4. The SMILES string of the molecule is Fc1ccc(-c2nc(CSc3nncs3)no2)cc1. The van der Waals surface area contributed by atoms with Gasteiger partial charge in [-0.05, 0) is 24.3 Å². The smallest absolute Gasteiger partial charge is 0.257 e. The molecule has 0 aliphatic heterocycles. The van der Waals surface area contributed by atoms with Crippen molar-refractivity contribution in [2.24, 2.45) is 0 Å². The Morgan fingerprint density at radius 2 is 2.11 bits per heavy atom. The lowest BCUT2D eigenvalue weighted by Gasteiger charge is -1.92. The van der Waals surface area contributed by atoms with E-state index in [2.05, 4.69) is 20.3 Å². The van der Waals surface area contributed by atoms with Crippen LogP contribution in [-0.4, -0.2) is 20.3 Å². The maximum absolute atomic E-state index is 12.8. The second kappa shape index (κ2) is 5.45. The van der Waals surface area contributed by atoms with E-state index >= 15 is 0 Å². The first-order valence-electron chi connectivity index (χ1n) is 5.29. The molecule has 8 heteroatoms. The van der Waals surface area contributed by atoms with Gasteiger partial charge in [-0.2, -0.15) is 4.98 Å². The van der Waals surface area contributed by atoms with Crippen molar-refractivity contribution in [3.8, 4) is 11.5 Å². The number of nitrogens with zero attached hydrogens (tertiary/aromatic N) is 4. The van der Waals surface area contributed by atoms with E-state index in [4.69, 9.17) is 4.52 Å². The van der Waals surface area contributed by atoms with Gasteiger partial charge in [0.1, 0.15) is 11.3 Å². The largest absolute Gasteiger partial charge is 0.334 e. The first-order chi connectivity index (χ1) is 9.31. The van der Waals surface area contributed by atoms with Crippen LogP contribution in [0.25, 0.3) is 11.5 Å². The highest BCUT2D eigenvalue weighted by Crippen LogP contribution is 2.24. The molecule has 0 unspecified atom stereocenters. The van der Waals surface area contributed by atoms with Gasteiger partial charge in [-0.25, -0.2) is 4.39 Å². The van der Waals surface area contributed by atoms with Crippen LogP contribution >= 0.6 is 23.1 Å². The molecule has 0 spiro atoms. The first-order valence-corrected chi connectivity index (χ1v) is 7.15. The molecule has 0 N–H and O–H groups in total. The third-order valence-corrected chi connectivity index (χ3v) is 4.08. The van der Waals surface area contributed by atoms with E-state index in [1.807, 2.05) is 0 Å². The van der Waals surface area contributed by atoms with E-state index in [1.54, 1.807) is 17.6 Å². The van der Waals surface area contributed by atoms with E-state index in [9.17, 15) is 4.39 Å². The topological polar surface area (TPSA) is 64.7 Å². The standard InChI is InChI=1S/C11H7FN4OS2/c12-8-3-1-7(2-4-8)10-14-9(16-17-10)5-18-11-15-13-6-19-11/h1-4,6H,5H2. The van der Waals surface area contributed by atoms with Crippen molar-refractivity contribution in [2.75, 3.05) is 0 Å². The normalized spacial score (nSPS) is 10.8. The van der Waals surface area contributed by atoms with Crippen LogP contribution < -0.4 is 0 Å². The molecule has 0 amide bonds. The molecule has 0 fully saturated rings. The van der Waals surface area contributed by atoms with Gasteiger partial charge >= 0.3 is 0 Å². The molecule has 19 heavy (non-hydrogen) atoms. The molecule has 1 aromatic carbocycles. The molecule has 0 aliphatic carbocycles. The van der Waals surface area contributed by atoms with Crippen molar-refractivity contribution in [1.82, 2.24) is 20.3 Å². The monoisotopic (exact) mass is 294 g/mol. The van der Waals surface area contributed by atoms with E-state index in [-0.39, 0.29) is 5.82 Å². The van der Waals surface area contributed by atoms with Crippen molar-refractivity contribution in [3.05, 3.63) is 41.4 Å². The molecule has 3 rings (SSSR count). The number of halogens is 1. The molecule has 0 radical (unpaired) electrons. The Labute approximate surface area is 115 Å². The van der Waals surface area contributed by atoms with Crippen molar-refractivity contribution in [2.45, 2.75) is 10.1 Å². The molecule has 5 nitrogen and oxygen atoms in total. The molecule has 0 aliphatic rings. The number of benzene rings is 1. The summed E-state index contributed by atoms with van der Waals surface area (Å²) in [6.07, 6.45) is 0. The average molecular weight is 294 g/mol. The summed E-state index contributed by atoms with van der Waals surface area (Å²) in [7, 11) is 0. The van der Waals surface area contributed by atoms with Gasteiger partial charge in [-0.3, -0.25) is 0 Å². The van der Waals surface area contributed by atoms with Crippen LogP contribution in [0.3, 0.4) is 0 Å². The van der Waals surface area contributed by atoms with Crippen LogP contribution in [0, 0.1) is 5.82 Å². The highest BCUT2D eigenvalue weighted by atomic mass is 32.2. The number of aromatic nitrogens is 4. The van der Waals surface area contributed by atoms with Crippen LogP contribution in [0.2, 0.25) is 0 Å². The van der Waals surface area contributed by atoms with E-state index in [0.717, 1.165) is 4.34 Å². The van der Waals surface area contributed by atoms with Crippen molar-refractivity contribution in [1.29, 1.82) is 0 Å². The molecule has 0 saturated heterocycles. The fraction of sp³-hybridized carbons (Fsp3) is 0.0909. The van der Waals surface area contributed by atoms with Crippen LogP contribution in [0.1, 0.15) is 5.82 Å². The summed E-state index contributed by atoms with van der Waals surface area (Å²) in [6, 6.07) is 5.92. The number of hydrogen-bond acceptors (Lipinski definition) is 7. The molecule has 0 saturated carbocycles. The fourth-order valence-electron chi connectivity index (χ4n) is 1.37. The summed E-state index contributed by atoms with van der Waals surface area (Å²) in [5.41, 5.74) is 2.36. The second-order valence-electron chi connectivity index (χ2n) is 3.52. The summed E-state index contributed by atoms with van der Waals surface area (Å²) in [5.74, 6) is 1.21.